The molecule has 0 bridgehead atoms. The summed E-state index contributed by atoms with van der Waals surface area (Å²) in [5, 5.41) is 6.80. The van der Waals surface area contributed by atoms with Gasteiger partial charge < -0.3 is 10.6 Å². The van der Waals surface area contributed by atoms with Gasteiger partial charge in [-0.3, -0.25) is 0 Å². The Morgan fingerprint density at radius 2 is 1.96 bits per heavy atom. The van der Waals surface area contributed by atoms with Crippen LogP contribution in [0.25, 0.3) is 0 Å². The summed E-state index contributed by atoms with van der Waals surface area (Å²) in [5.41, 5.74) is 0. The fourth-order valence-corrected chi connectivity index (χ4v) is 5.29. The van der Waals surface area contributed by atoms with E-state index in [1.54, 1.807) is 20.2 Å². The van der Waals surface area contributed by atoms with Gasteiger partial charge in [0, 0.05) is 31.6 Å². The van der Waals surface area contributed by atoms with Crippen molar-refractivity contribution >= 4 is 27.3 Å². The normalized spacial score (nSPS) is 22.2. The molecule has 0 radical (unpaired) electrons. The van der Waals surface area contributed by atoms with E-state index in [-0.39, 0.29) is 0 Å². The van der Waals surface area contributed by atoms with Crippen LogP contribution in [0.1, 0.15) is 44.4 Å². The van der Waals surface area contributed by atoms with Crippen LogP contribution in [0.15, 0.2) is 21.3 Å². The maximum atomic E-state index is 12.2. The number of guanidine groups is 1. The number of hydrogen-bond donors (Lipinski definition) is 2. The largest absolute Gasteiger partial charge is 0.357 e. The van der Waals surface area contributed by atoms with E-state index in [0.717, 1.165) is 23.3 Å². The minimum Gasteiger partial charge on any atom is -0.357 e. The van der Waals surface area contributed by atoms with Crippen LogP contribution in [0.5, 0.6) is 0 Å². The Bertz CT molecular complexity index is 675. The maximum absolute atomic E-state index is 12.2. The van der Waals surface area contributed by atoms with E-state index in [1.165, 1.54) is 41.3 Å². The lowest BCUT2D eigenvalue weighted by molar-refractivity contribution is 0.329. The lowest BCUT2D eigenvalue weighted by atomic mass is 9.87. The average Bonchev–Trinajstić information content (AvgIpc) is 3.04. The highest BCUT2D eigenvalue weighted by molar-refractivity contribution is 7.91. The molecule has 0 unspecified atom stereocenters. The monoisotopic (exact) mass is 386 g/mol. The van der Waals surface area contributed by atoms with Gasteiger partial charge in [0.05, 0.1) is 6.54 Å². The molecule has 1 aliphatic carbocycles. The summed E-state index contributed by atoms with van der Waals surface area (Å²) >= 11 is 1.28. The van der Waals surface area contributed by atoms with Crippen LogP contribution in [-0.4, -0.2) is 45.4 Å². The molecular formula is C17H30N4O2S2. The molecule has 8 heteroatoms. The number of hydrogen-bond acceptors (Lipinski definition) is 4. The van der Waals surface area contributed by atoms with Crippen LogP contribution < -0.4 is 10.6 Å². The molecule has 1 aromatic rings. The molecule has 1 heterocycles. The molecule has 0 spiro atoms. The van der Waals surface area contributed by atoms with Crippen molar-refractivity contribution in [3.05, 3.63) is 17.0 Å². The van der Waals surface area contributed by atoms with Crippen LogP contribution in [0.4, 0.5) is 0 Å². The van der Waals surface area contributed by atoms with Crippen LogP contribution in [-0.2, 0) is 16.6 Å². The number of aliphatic imine (C=N–C) groups is 1. The van der Waals surface area contributed by atoms with E-state index in [0.29, 0.717) is 16.8 Å². The second kappa shape index (κ2) is 9.00. The van der Waals surface area contributed by atoms with Crippen molar-refractivity contribution in [1.29, 1.82) is 0 Å². The third-order valence-corrected chi connectivity index (χ3v) is 7.82. The third kappa shape index (κ3) is 5.69. The van der Waals surface area contributed by atoms with Crippen LogP contribution in [0.2, 0.25) is 0 Å². The van der Waals surface area contributed by atoms with E-state index in [1.807, 2.05) is 13.0 Å². The van der Waals surface area contributed by atoms with Crippen molar-refractivity contribution in [2.24, 2.45) is 10.9 Å². The van der Waals surface area contributed by atoms with Crippen molar-refractivity contribution in [3.8, 4) is 0 Å². The fourth-order valence-electron chi connectivity index (χ4n) is 2.84. The molecule has 2 N–H and O–H groups in total. The SMILES string of the molecule is CCNC(=NCc1ccc(S(=O)(=O)N(C)C)s1)NC1CCC(C)CC1. The lowest BCUT2D eigenvalue weighted by Gasteiger charge is -2.28. The molecule has 142 valence electrons. The number of sulfonamides is 1. The zero-order valence-corrected chi connectivity index (χ0v) is 17.2. The number of nitrogens with one attached hydrogen (secondary N) is 2. The second-order valence-electron chi connectivity index (χ2n) is 6.80. The summed E-state index contributed by atoms with van der Waals surface area (Å²) in [7, 11) is -0.267. The van der Waals surface area contributed by atoms with E-state index in [4.69, 9.17) is 0 Å². The Labute approximate surface area is 155 Å². The summed E-state index contributed by atoms with van der Waals surface area (Å²) in [6.45, 7) is 5.64. The molecule has 0 aromatic carbocycles. The molecular weight excluding hydrogens is 356 g/mol. The van der Waals surface area contributed by atoms with E-state index >= 15 is 0 Å². The predicted octanol–water partition coefficient (Wildman–Crippen LogP) is 2.63. The number of rotatable bonds is 6. The van der Waals surface area contributed by atoms with Crippen LogP contribution in [0.3, 0.4) is 0 Å². The van der Waals surface area contributed by atoms with Crippen LogP contribution >= 0.6 is 11.3 Å². The van der Waals surface area contributed by atoms with Gasteiger partial charge in [-0.2, -0.15) is 0 Å². The highest BCUT2D eigenvalue weighted by atomic mass is 32.2. The summed E-state index contributed by atoms with van der Waals surface area (Å²) in [6, 6.07) is 3.98. The Morgan fingerprint density at radius 3 is 2.56 bits per heavy atom. The molecule has 1 fully saturated rings. The fraction of sp³-hybridized carbons (Fsp3) is 0.706. The molecule has 1 aromatic heterocycles. The summed E-state index contributed by atoms with van der Waals surface area (Å²) in [5.74, 6) is 1.63. The van der Waals surface area contributed by atoms with Gasteiger partial charge in [-0.05, 0) is 50.7 Å². The molecule has 1 aliphatic rings. The van der Waals surface area contributed by atoms with Crippen molar-refractivity contribution in [2.75, 3.05) is 20.6 Å². The molecule has 0 saturated heterocycles. The molecule has 0 atom stereocenters. The first kappa shape index (κ1) is 20.2. The Balaban J connectivity index is 2.00. The van der Waals surface area contributed by atoms with Crippen molar-refractivity contribution in [2.45, 2.75) is 56.3 Å². The Hall–Kier alpha value is -1.12. The van der Waals surface area contributed by atoms with Gasteiger partial charge in [-0.1, -0.05) is 6.92 Å². The van der Waals surface area contributed by atoms with E-state index < -0.39 is 10.0 Å². The first-order chi connectivity index (χ1) is 11.8. The molecule has 0 aliphatic heterocycles. The maximum Gasteiger partial charge on any atom is 0.252 e. The Morgan fingerprint density at radius 1 is 1.28 bits per heavy atom. The van der Waals surface area contributed by atoms with Gasteiger partial charge in [0.15, 0.2) is 5.96 Å². The predicted molar refractivity (Wildman–Crippen MR) is 105 cm³/mol. The van der Waals surface area contributed by atoms with E-state index in [2.05, 4.69) is 22.5 Å². The number of nitrogens with zero attached hydrogens (tertiary/aromatic N) is 2. The lowest BCUT2D eigenvalue weighted by Crippen LogP contribution is -2.44. The van der Waals surface area contributed by atoms with Gasteiger partial charge >= 0.3 is 0 Å². The van der Waals surface area contributed by atoms with Crippen molar-refractivity contribution in [3.63, 3.8) is 0 Å². The zero-order chi connectivity index (χ0) is 18.4. The highest BCUT2D eigenvalue weighted by Crippen LogP contribution is 2.25. The Kier molecular flexibility index (Phi) is 7.27. The minimum atomic E-state index is -3.36. The van der Waals surface area contributed by atoms with Gasteiger partial charge in [0.25, 0.3) is 10.0 Å². The standard InChI is InChI=1S/C17H30N4O2S2/c1-5-18-17(20-14-8-6-13(2)7-9-14)19-12-15-10-11-16(24-15)25(22,23)21(3)4/h10-11,13-14H,5-9,12H2,1-4H3,(H2,18,19,20). The van der Waals surface area contributed by atoms with Crippen molar-refractivity contribution in [1.82, 2.24) is 14.9 Å². The molecule has 0 amide bonds. The minimum absolute atomic E-state index is 0.363. The smallest absolute Gasteiger partial charge is 0.252 e. The van der Waals surface area contributed by atoms with E-state index in [9.17, 15) is 8.42 Å². The van der Waals surface area contributed by atoms with Gasteiger partial charge in [0.2, 0.25) is 0 Å². The first-order valence-electron chi connectivity index (χ1n) is 8.89. The molecule has 6 nitrogen and oxygen atoms in total. The molecule has 2 rings (SSSR count). The quantitative estimate of drug-likeness (QED) is 0.582. The number of thiophene rings is 1. The third-order valence-electron chi connectivity index (χ3n) is 4.47. The van der Waals surface area contributed by atoms with Gasteiger partial charge in [-0.15, -0.1) is 11.3 Å². The summed E-state index contributed by atoms with van der Waals surface area (Å²) in [6.07, 6.45) is 4.87. The zero-order valence-electron chi connectivity index (χ0n) is 15.6. The van der Waals surface area contributed by atoms with Gasteiger partial charge in [-0.25, -0.2) is 17.7 Å². The summed E-state index contributed by atoms with van der Waals surface area (Å²) < 4.78 is 25.9. The van der Waals surface area contributed by atoms with Gasteiger partial charge in [0.1, 0.15) is 4.21 Å². The summed E-state index contributed by atoms with van der Waals surface area (Å²) in [4.78, 5) is 5.57. The average molecular weight is 387 g/mol. The molecule has 1 saturated carbocycles. The first-order valence-corrected chi connectivity index (χ1v) is 11.1. The highest BCUT2D eigenvalue weighted by Gasteiger charge is 2.20. The van der Waals surface area contributed by atoms with Crippen LogP contribution in [0, 0.1) is 5.92 Å². The van der Waals surface area contributed by atoms with Crippen molar-refractivity contribution < 1.29 is 8.42 Å². The topological polar surface area (TPSA) is 73.8 Å². The second-order valence-corrected chi connectivity index (χ2v) is 10.4. The molecule has 25 heavy (non-hydrogen) atoms.